The summed E-state index contributed by atoms with van der Waals surface area (Å²) in [6.07, 6.45) is 2.01. The van der Waals surface area contributed by atoms with Crippen molar-refractivity contribution in [2.75, 3.05) is 33.3 Å². The van der Waals surface area contributed by atoms with E-state index >= 15 is 0 Å². The van der Waals surface area contributed by atoms with E-state index in [4.69, 9.17) is 4.74 Å². The fraction of sp³-hybridized carbons (Fsp3) is 0.400. The van der Waals surface area contributed by atoms with Crippen LogP contribution in [-0.2, 0) is 6.54 Å². The number of nitrogens with one attached hydrogen (secondary N) is 1. The van der Waals surface area contributed by atoms with Gasteiger partial charge in [0.05, 0.1) is 7.11 Å². The molecule has 1 aliphatic rings. The van der Waals surface area contributed by atoms with Crippen LogP contribution in [0.4, 0.5) is 0 Å². The van der Waals surface area contributed by atoms with Gasteiger partial charge in [0.15, 0.2) is 0 Å². The Bertz CT molecular complexity index is 547. The van der Waals surface area contributed by atoms with Gasteiger partial charge in [-0.15, -0.1) is 11.3 Å². The van der Waals surface area contributed by atoms with E-state index in [1.165, 1.54) is 4.88 Å². The molecule has 2 heterocycles. The van der Waals surface area contributed by atoms with E-state index in [-0.39, 0.29) is 0 Å². The molecule has 0 saturated carbocycles. The predicted octanol–water partition coefficient (Wildman–Crippen LogP) is 2.22. The minimum absolute atomic E-state index is 0.881. The molecule has 4 nitrogen and oxygen atoms in total. The van der Waals surface area contributed by atoms with Gasteiger partial charge in [-0.1, -0.05) is 0 Å². The van der Waals surface area contributed by atoms with Crippen molar-refractivity contribution in [2.24, 2.45) is 0 Å². The highest BCUT2D eigenvalue weighted by Crippen LogP contribution is 2.27. The number of ether oxygens (including phenoxy) is 1. The third-order valence-corrected chi connectivity index (χ3v) is 4.51. The molecule has 2 aromatic rings. The monoisotopic (exact) mass is 289 g/mol. The molecule has 0 spiro atoms. The molecule has 1 N–H and O–H groups in total. The van der Waals surface area contributed by atoms with Gasteiger partial charge in [-0.3, -0.25) is 4.90 Å². The van der Waals surface area contributed by atoms with Gasteiger partial charge in [0.25, 0.3) is 0 Å². The molecule has 3 rings (SSSR count). The molecule has 0 radical (unpaired) electrons. The minimum atomic E-state index is 0.881. The normalized spacial score (nSPS) is 16.2. The summed E-state index contributed by atoms with van der Waals surface area (Å²) in [7, 11) is 1.68. The van der Waals surface area contributed by atoms with Crippen molar-refractivity contribution in [3.8, 4) is 16.3 Å². The highest BCUT2D eigenvalue weighted by molar-refractivity contribution is 7.15. The number of hydrogen-bond donors (Lipinski definition) is 1. The molecule has 0 bridgehead atoms. The van der Waals surface area contributed by atoms with Crippen molar-refractivity contribution in [3.05, 3.63) is 35.3 Å². The van der Waals surface area contributed by atoms with Crippen molar-refractivity contribution in [1.82, 2.24) is 15.2 Å². The fourth-order valence-corrected chi connectivity index (χ4v) is 3.30. The number of rotatable bonds is 4. The minimum Gasteiger partial charge on any atom is -0.497 e. The van der Waals surface area contributed by atoms with E-state index in [2.05, 4.69) is 27.3 Å². The first kappa shape index (κ1) is 13.5. The van der Waals surface area contributed by atoms with Crippen molar-refractivity contribution < 1.29 is 4.74 Å². The molecule has 1 aliphatic heterocycles. The number of hydrogen-bond acceptors (Lipinski definition) is 5. The van der Waals surface area contributed by atoms with Crippen LogP contribution in [0.15, 0.2) is 30.5 Å². The molecule has 1 saturated heterocycles. The first-order valence-electron chi connectivity index (χ1n) is 6.87. The molecule has 106 valence electrons. The quantitative estimate of drug-likeness (QED) is 0.936. The van der Waals surface area contributed by atoms with Gasteiger partial charge in [-0.2, -0.15) is 0 Å². The van der Waals surface area contributed by atoms with Gasteiger partial charge in [0.2, 0.25) is 0 Å². The van der Waals surface area contributed by atoms with Crippen LogP contribution in [0.2, 0.25) is 0 Å². The maximum absolute atomic E-state index is 5.18. The van der Waals surface area contributed by atoms with Gasteiger partial charge >= 0.3 is 0 Å². The zero-order valence-corrected chi connectivity index (χ0v) is 12.4. The largest absolute Gasteiger partial charge is 0.497 e. The zero-order valence-electron chi connectivity index (χ0n) is 11.6. The maximum atomic E-state index is 5.18. The predicted molar refractivity (Wildman–Crippen MR) is 82.2 cm³/mol. The second-order valence-corrected chi connectivity index (χ2v) is 6.00. The fourth-order valence-electron chi connectivity index (χ4n) is 2.34. The van der Waals surface area contributed by atoms with Gasteiger partial charge in [0, 0.05) is 49.4 Å². The summed E-state index contributed by atoms with van der Waals surface area (Å²) in [5, 5.41) is 4.46. The van der Waals surface area contributed by atoms with E-state index in [1.807, 2.05) is 18.3 Å². The molecular formula is C15H19N3OS. The van der Waals surface area contributed by atoms with Crippen LogP contribution >= 0.6 is 11.3 Å². The van der Waals surface area contributed by atoms with Crippen LogP contribution in [0.5, 0.6) is 5.75 Å². The summed E-state index contributed by atoms with van der Waals surface area (Å²) in [4.78, 5) is 8.35. The van der Waals surface area contributed by atoms with Gasteiger partial charge in [0.1, 0.15) is 10.8 Å². The Morgan fingerprint density at radius 2 is 2.00 bits per heavy atom. The molecule has 0 aliphatic carbocycles. The lowest BCUT2D eigenvalue weighted by Gasteiger charge is -2.26. The van der Waals surface area contributed by atoms with Crippen molar-refractivity contribution in [3.63, 3.8) is 0 Å². The van der Waals surface area contributed by atoms with Crippen LogP contribution in [0.25, 0.3) is 10.6 Å². The lowest BCUT2D eigenvalue weighted by molar-refractivity contribution is 0.235. The molecule has 0 unspecified atom stereocenters. The topological polar surface area (TPSA) is 37.4 Å². The third kappa shape index (κ3) is 3.17. The van der Waals surface area contributed by atoms with E-state index in [1.54, 1.807) is 18.4 Å². The summed E-state index contributed by atoms with van der Waals surface area (Å²) in [5.41, 5.74) is 1.15. The summed E-state index contributed by atoms with van der Waals surface area (Å²) in [5.74, 6) is 0.881. The summed E-state index contributed by atoms with van der Waals surface area (Å²) >= 11 is 1.78. The van der Waals surface area contributed by atoms with Crippen molar-refractivity contribution in [2.45, 2.75) is 6.54 Å². The van der Waals surface area contributed by atoms with Crippen LogP contribution in [0, 0.1) is 0 Å². The van der Waals surface area contributed by atoms with Crippen molar-refractivity contribution >= 4 is 11.3 Å². The maximum Gasteiger partial charge on any atom is 0.123 e. The highest BCUT2D eigenvalue weighted by atomic mass is 32.1. The average molecular weight is 289 g/mol. The number of aromatic nitrogens is 1. The Labute approximate surface area is 123 Å². The molecule has 1 fully saturated rings. The average Bonchev–Trinajstić information content (AvgIpc) is 2.97. The second-order valence-electron chi connectivity index (χ2n) is 4.89. The Kier molecular flexibility index (Phi) is 4.30. The van der Waals surface area contributed by atoms with Crippen LogP contribution in [0.3, 0.4) is 0 Å². The Hall–Kier alpha value is -1.43. The molecule has 5 heteroatoms. The summed E-state index contributed by atoms with van der Waals surface area (Å²) in [6, 6.07) is 8.08. The molecule has 1 aromatic carbocycles. The number of benzene rings is 1. The van der Waals surface area contributed by atoms with Crippen LogP contribution in [0.1, 0.15) is 4.88 Å². The van der Waals surface area contributed by atoms with Gasteiger partial charge in [-0.05, 0) is 24.3 Å². The second kappa shape index (κ2) is 6.35. The molecule has 1 aromatic heterocycles. The standard InChI is InChI=1S/C15H19N3OS/c1-19-13-4-2-12(3-5-13)15-17-10-14(20-15)11-18-8-6-16-7-9-18/h2-5,10,16H,6-9,11H2,1H3. The number of thiazole rings is 1. The molecule has 0 amide bonds. The van der Waals surface area contributed by atoms with E-state index < -0.39 is 0 Å². The Morgan fingerprint density at radius 1 is 1.25 bits per heavy atom. The van der Waals surface area contributed by atoms with Crippen LogP contribution in [-0.4, -0.2) is 43.2 Å². The van der Waals surface area contributed by atoms with Crippen molar-refractivity contribution in [1.29, 1.82) is 0 Å². The number of piperazine rings is 1. The Morgan fingerprint density at radius 3 is 2.70 bits per heavy atom. The number of nitrogens with zero attached hydrogens (tertiary/aromatic N) is 2. The lowest BCUT2D eigenvalue weighted by atomic mass is 10.2. The number of methoxy groups -OCH3 is 1. The summed E-state index contributed by atoms with van der Waals surface area (Å²) in [6.45, 7) is 5.43. The smallest absolute Gasteiger partial charge is 0.123 e. The lowest BCUT2D eigenvalue weighted by Crippen LogP contribution is -2.42. The molecular weight excluding hydrogens is 270 g/mol. The van der Waals surface area contributed by atoms with E-state index in [9.17, 15) is 0 Å². The SMILES string of the molecule is COc1ccc(-c2ncc(CN3CCNCC3)s2)cc1. The van der Waals surface area contributed by atoms with E-state index in [0.717, 1.165) is 49.0 Å². The first-order chi connectivity index (χ1) is 9.85. The zero-order chi connectivity index (χ0) is 13.8. The summed E-state index contributed by atoms with van der Waals surface area (Å²) < 4.78 is 5.18. The molecule has 20 heavy (non-hydrogen) atoms. The molecule has 0 atom stereocenters. The van der Waals surface area contributed by atoms with Gasteiger partial charge < -0.3 is 10.1 Å². The third-order valence-electron chi connectivity index (χ3n) is 3.48. The highest BCUT2D eigenvalue weighted by Gasteiger charge is 2.12. The Balaban J connectivity index is 1.68. The van der Waals surface area contributed by atoms with E-state index in [0.29, 0.717) is 0 Å². The van der Waals surface area contributed by atoms with Gasteiger partial charge in [-0.25, -0.2) is 4.98 Å². The first-order valence-corrected chi connectivity index (χ1v) is 7.69. The van der Waals surface area contributed by atoms with Crippen LogP contribution < -0.4 is 10.1 Å².